The van der Waals surface area contributed by atoms with Crippen molar-refractivity contribution in [1.29, 1.82) is 0 Å². The molecule has 0 rings (SSSR count). The summed E-state index contributed by atoms with van der Waals surface area (Å²) in [5.41, 5.74) is 0. The molecule has 8 nitrogen and oxygen atoms in total. The van der Waals surface area contributed by atoms with Crippen molar-refractivity contribution in [3.05, 3.63) is 0 Å². The molecule has 0 aliphatic carbocycles. The number of rotatable bonds is 0. The van der Waals surface area contributed by atoms with Crippen molar-refractivity contribution in [3.63, 3.8) is 0 Å². The van der Waals surface area contributed by atoms with E-state index < -0.39 is 18.2 Å². The molecular formula is H6KO8PS. The van der Waals surface area contributed by atoms with Gasteiger partial charge in [-0.15, -0.1) is 0 Å². The SMILES string of the molecule is O=P(O)(O)O.O=S(=O)(O)O.[H-].[K+]. The van der Waals surface area contributed by atoms with Crippen LogP contribution in [0.15, 0.2) is 0 Å². The molecule has 0 aromatic rings. The molecule has 0 aliphatic heterocycles. The number of phosphoric acid groups is 1. The summed E-state index contributed by atoms with van der Waals surface area (Å²) in [6.07, 6.45) is 0. The van der Waals surface area contributed by atoms with Crippen LogP contribution in [-0.2, 0) is 15.0 Å². The van der Waals surface area contributed by atoms with Gasteiger partial charge in [0.2, 0.25) is 0 Å². The molecule has 5 N–H and O–H groups in total. The monoisotopic (exact) mass is 236 g/mol. The van der Waals surface area contributed by atoms with Crippen LogP contribution < -0.4 is 51.4 Å². The fourth-order valence-corrected chi connectivity index (χ4v) is 0. The van der Waals surface area contributed by atoms with Gasteiger partial charge in [-0.2, -0.15) is 8.42 Å². The van der Waals surface area contributed by atoms with E-state index >= 15 is 0 Å². The first-order valence-electron chi connectivity index (χ1n) is 1.48. The van der Waals surface area contributed by atoms with E-state index in [0.717, 1.165) is 0 Å². The third-order valence-corrected chi connectivity index (χ3v) is 0. The van der Waals surface area contributed by atoms with Crippen LogP contribution in [0.5, 0.6) is 0 Å². The zero-order chi connectivity index (χ0) is 9.00. The van der Waals surface area contributed by atoms with Crippen LogP contribution in [0.3, 0.4) is 0 Å². The Morgan fingerprint density at radius 2 is 1.09 bits per heavy atom. The second-order valence-corrected chi connectivity index (χ2v) is 2.88. The normalized spacial score (nSPS) is 10.6. The largest absolute Gasteiger partial charge is 1.00 e. The van der Waals surface area contributed by atoms with Gasteiger partial charge >= 0.3 is 69.6 Å². The first-order chi connectivity index (χ1) is 4.00. The maximum atomic E-state index is 8.88. The molecule has 0 fully saturated rings. The Hall–Kier alpha value is 1.62. The third kappa shape index (κ3) is 411. The van der Waals surface area contributed by atoms with Gasteiger partial charge < -0.3 is 16.1 Å². The van der Waals surface area contributed by atoms with Crippen molar-refractivity contribution in [1.82, 2.24) is 0 Å². The van der Waals surface area contributed by atoms with E-state index in [1.807, 2.05) is 0 Å². The Labute approximate surface area is 106 Å². The molecule has 0 saturated heterocycles. The van der Waals surface area contributed by atoms with Crippen LogP contribution in [0, 0.1) is 0 Å². The van der Waals surface area contributed by atoms with Crippen LogP contribution in [0.25, 0.3) is 0 Å². The third-order valence-electron chi connectivity index (χ3n) is 0. The first kappa shape index (κ1) is 18.4. The van der Waals surface area contributed by atoms with Crippen molar-refractivity contribution in [2.45, 2.75) is 0 Å². The van der Waals surface area contributed by atoms with Crippen LogP contribution in [0.4, 0.5) is 0 Å². The molecule has 0 aromatic carbocycles. The Balaban J connectivity index is -0.0000000457. The van der Waals surface area contributed by atoms with E-state index in [0.29, 0.717) is 0 Å². The second kappa shape index (κ2) is 7.06. The molecule has 0 unspecified atom stereocenters. The van der Waals surface area contributed by atoms with Crippen molar-refractivity contribution >= 4 is 18.2 Å². The minimum atomic E-state index is -4.67. The summed E-state index contributed by atoms with van der Waals surface area (Å²) in [4.78, 5) is 21.6. The fourth-order valence-electron chi connectivity index (χ4n) is 0. The zero-order valence-electron chi connectivity index (χ0n) is 6.32. The minimum absolute atomic E-state index is 0. The number of hydrogen-bond donors (Lipinski definition) is 5. The van der Waals surface area contributed by atoms with Gasteiger partial charge in [-0.05, 0) is 0 Å². The van der Waals surface area contributed by atoms with Crippen molar-refractivity contribution < 1.29 is 89.6 Å². The number of hydrogen-bond acceptors (Lipinski definition) is 3. The van der Waals surface area contributed by atoms with Gasteiger partial charge in [-0.25, -0.2) is 4.57 Å². The molecule has 0 aliphatic rings. The average molecular weight is 236 g/mol. The maximum Gasteiger partial charge on any atom is 1.00 e. The van der Waals surface area contributed by atoms with Gasteiger partial charge in [0.1, 0.15) is 0 Å². The van der Waals surface area contributed by atoms with Crippen LogP contribution in [0.2, 0.25) is 0 Å². The Kier molecular flexibility index (Phi) is 11.8. The Bertz CT molecular complexity index is 197. The predicted octanol–water partition coefficient (Wildman–Crippen LogP) is -4.46. The fraction of sp³-hybridized carbons (Fsp3) is 0. The summed E-state index contributed by atoms with van der Waals surface area (Å²) in [6.45, 7) is 0. The average Bonchev–Trinajstić information content (AvgIpc) is 1.12. The van der Waals surface area contributed by atoms with Gasteiger partial charge in [0.25, 0.3) is 0 Å². The van der Waals surface area contributed by atoms with Crippen molar-refractivity contribution in [3.8, 4) is 0 Å². The van der Waals surface area contributed by atoms with Gasteiger partial charge in [0, 0.05) is 0 Å². The van der Waals surface area contributed by atoms with Crippen LogP contribution in [-0.4, -0.2) is 32.2 Å². The molecule has 0 saturated carbocycles. The Morgan fingerprint density at radius 3 is 1.09 bits per heavy atom. The van der Waals surface area contributed by atoms with Crippen LogP contribution >= 0.6 is 7.82 Å². The molecule has 0 spiro atoms. The minimum Gasteiger partial charge on any atom is -1.00 e. The quantitative estimate of drug-likeness (QED) is 0.160. The van der Waals surface area contributed by atoms with Crippen molar-refractivity contribution in [2.24, 2.45) is 0 Å². The molecule has 0 atom stereocenters. The predicted molar refractivity (Wildman–Crippen MR) is 29.6 cm³/mol. The molecule has 0 aromatic heterocycles. The topological polar surface area (TPSA) is 152 Å². The smallest absolute Gasteiger partial charge is 1.00 e. The van der Waals surface area contributed by atoms with Gasteiger partial charge in [0.15, 0.2) is 0 Å². The van der Waals surface area contributed by atoms with Crippen molar-refractivity contribution in [2.75, 3.05) is 0 Å². The Morgan fingerprint density at radius 1 is 1.09 bits per heavy atom. The summed E-state index contributed by atoms with van der Waals surface area (Å²) in [6, 6.07) is 0. The van der Waals surface area contributed by atoms with E-state index in [4.69, 9.17) is 36.8 Å². The molecule has 0 bridgehead atoms. The summed E-state index contributed by atoms with van der Waals surface area (Å²) in [5.74, 6) is 0. The molecule has 0 amide bonds. The van der Waals surface area contributed by atoms with Gasteiger partial charge in [0.05, 0.1) is 0 Å². The van der Waals surface area contributed by atoms with E-state index in [2.05, 4.69) is 0 Å². The first-order valence-corrected chi connectivity index (χ1v) is 4.44. The van der Waals surface area contributed by atoms with Crippen LogP contribution in [0.1, 0.15) is 1.43 Å². The maximum absolute atomic E-state index is 8.88. The zero-order valence-corrected chi connectivity index (χ0v) is 10.2. The van der Waals surface area contributed by atoms with E-state index in [9.17, 15) is 0 Å². The molecule has 66 valence electrons. The molecular weight excluding hydrogens is 230 g/mol. The van der Waals surface area contributed by atoms with E-state index in [1.54, 1.807) is 0 Å². The molecule has 0 radical (unpaired) electrons. The standard InChI is InChI=1S/K.H3O4P.H2O4S.H/c;2*1-5(2,3)4;/h;(H3,1,2,3,4);(H2,1,2,3,4);/q+1;;;-1. The summed E-state index contributed by atoms with van der Waals surface area (Å²) in [7, 11) is -9.31. The van der Waals surface area contributed by atoms with E-state index in [-0.39, 0.29) is 52.8 Å². The van der Waals surface area contributed by atoms with Gasteiger partial charge in [-0.1, -0.05) is 0 Å². The summed E-state index contributed by atoms with van der Waals surface area (Å²) < 4.78 is 40.5. The molecule has 0 heterocycles. The molecule has 11 heavy (non-hydrogen) atoms. The summed E-state index contributed by atoms with van der Waals surface area (Å²) >= 11 is 0. The molecule has 11 heteroatoms. The summed E-state index contributed by atoms with van der Waals surface area (Å²) in [5, 5.41) is 0. The second-order valence-electron chi connectivity index (χ2n) is 0.961. The van der Waals surface area contributed by atoms with Gasteiger partial charge in [-0.3, -0.25) is 9.11 Å². The van der Waals surface area contributed by atoms with E-state index in [1.165, 1.54) is 0 Å².